The standard InChI is InChI=1S/C13H23N5O2/c1-9-16-12(18-17-9)13(19)15-7-2-8-20-11-5-3-10(14)4-6-11/h10-11H,2-8,14H2,1H3,(H,15,19)(H,16,17,18). The van der Waals surface area contributed by atoms with Crippen LogP contribution in [0.5, 0.6) is 0 Å². The summed E-state index contributed by atoms with van der Waals surface area (Å²) in [7, 11) is 0. The minimum absolute atomic E-state index is 0.185. The number of hydrogen-bond acceptors (Lipinski definition) is 5. The molecule has 1 aromatic rings. The van der Waals surface area contributed by atoms with E-state index in [0.717, 1.165) is 32.1 Å². The van der Waals surface area contributed by atoms with Crippen molar-refractivity contribution >= 4 is 5.91 Å². The Bertz CT molecular complexity index is 426. The summed E-state index contributed by atoms with van der Waals surface area (Å²) < 4.78 is 5.78. The highest BCUT2D eigenvalue weighted by molar-refractivity contribution is 5.90. The molecule has 0 bridgehead atoms. The van der Waals surface area contributed by atoms with E-state index >= 15 is 0 Å². The van der Waals surface area contributed by atoms with Crippen LogP contribution in [0, 0.1) is 6.92 Å². The predicted molar refractivity (Wildman–Crippen MR) is 74.3 cm³/mol. The summed E-state index contributed by atoms with van der Waals surface area (Å²) >= 11 is 0. The monoisotopic (exact) mass is 281 g/mol. The summed E-state index contributed by atoms with van der Waals surface area (Å²) in [4.78, 5) is 15.6. The number of aromatic nitrogens is 3. The Labute approximate surface area is 118 Å². The number of carbonyl (C=O) groups is 1. The second-order valence-electron chi connectivity index (χ2n) is 5.26. The molecule has 0 atom stereocenters. The molecule has 1 aliphatic carbocycles. The van der Waals surface area contributed by atoms with Gasteiger partial charge in [0.25, 0.3) is 5.91 Å². The number of nitrogens with zero attached hydrogens (tertiary/aromatic N) is 2. The number of H-pyrrole nitrogens is 1. The van der Waals surface area contributed by atoms with Crippen LogP contribution in [0.3, 0.4) is 0 Å². The van der Waals surface area contributed by atoms with E-state index in [9.17, 15) is 4.79 Å². The molecule has 4 N–H and O–H groups in total. The zero-order valence-corrected chi connectivity index (χ0v) is 11.9. The first-order valence-corrected chi connectivity index (χ1v) is 7.19. The zero-order valence-electron chi connectivity index (χ0n) is 11.9. The molecular formula is C13H23N5O2. The smallest absolute Gasteiger partial charge is 0.290 e. The van der Waals surface area contributed by atoms with Crippen LogP contribution in [0.25, 0.3) is 0 Å². The van der Waals surface area contributed by atoms with Crippen molar-refractivity contribution in [1.29, 1.82) is 0 Å². The molecule has 112 valence electrons. The largest absolute Gasteiger partial charge is 0.378 e. The van der Waals surface area contributed by atoms with Gasteiger partial charge in [-0.25, -0.2) is 4.98 Å². The zero-order chi connectivity index (χ0) is 14.4. The molecule has 0 spiro atoms. The van der Waals surface area contributed by atoms with Gasteiger partial charge in [0.2, 0.25) is 5.82 Å². The molecule has 1 aliphatic rings. The SMILES string of the molecule is Cc1nc(C(=O)NCCCOC2CCC(N)CC2)n[nH]1. The van der Waals surface area contributed by atoms with E-state index in [1.54, 1.807) is 6.92 Å². The van der Waals surface area contributed by atoms with Crippen LogP contribution in [0.2, 0.25) is 0 Å². The Hall–Kier alpha value is -1.47. The number of aryl methyl sites for hydroxylation is 1. The predicted octanol–water partition coefficient (Wildman–Crippen LogP) is 0.520. The van der Waals surface area contributed by atoms with E-state index in [4.69, 9.17) is 10.5 Å². The lowest BCUT2D eigenvalue weighted by atomic mass is 9.94. The van der Waals surface area contributed by atoms with Gasteiger partial charge in [-0.1, -0.05) is 0 Å². The molecule has 1 saturated carbocycles. The Morgan fingerprint density at radius 2 is 2.20 bits per heavy atom. The number of ether oxygens (including phenoxy) is 1. The molecule has 7 heteroatoms. The van der Waals surface area contributed by atoms with Gasteiger partial charge in [-0.05, 0) is 39.0 Å². The summed E-state index contributed by atoms with van der Waals surface area (Å²) in [5.74, 6) is 0.566. The molecular weight excluding hydrogens is 258 g/mol. The van der Waals surface area contributed by atoms with Gasteiger partial charge >= 0.3 is 0 Å². The van der Waals surface area contributed by atoms with Gasteiger partial charge in [-0.2, -0.15) is 0 Å². The third-order valence-corrected chi connectivity index (χ3v) is 3.48. The van der Waals surface area contributed by atoms with Gasteiger partial charge in [-0.3, -0.25) is 9.89 Å². The average molecular weight is 281 g/mol. The van der Waals surface area contributed by atoms with E-state index in [0.29, 0.717) is 31.1 Å². The maximum Gasteiger partial charge on any atom is 0.290 e. The molecule has 20 heavy (non-hydrogen) atoms. The lowest BCUT2D eigenvalue weighted by molar-refractivity contribution is 0.0241. The first-order chi connectivity index (χ1) is 9.65. The van der Waals surface area contributed by atoms with Crippen molar-refractivity contribution in [3.63, 3.8) is 0 Å². The van der Waals surface area contributed by atoms with Crippen molar-refractivity contribution in [3.8, 4) is 0 Å². The summed E-state index contributed by atoms with van der Waals surface area (Å²) in [5, 5.41) is 9.22. The number of aromatic amines is 1. The maximum absolute atomic E-state index is 11.6. The highest BCUT2D eigenvalue weighted by Crippen LogP contribution is 2.19. The number of nitrogens with two attached hydrogens (primary N) is 1. The van der Waals surface area contributed by atoms with Gasteiger partial charge in [-0.15, -0.1) is 5.10 Å². The van der Waals surface area contributed by atoms with Crippen LogP contribution in [-0.2, 0) is 4.74 Å². The van der Waals surface area contributed by atoms with Gasteiger partial charge in [0, 0.05) is 19.2 Å². The molecule has 0 aromatic carbocycles. The molecule has 1 fully saturated rings. The van der Waals surface area contributed by atoms with Crippen molar-refractivity contribution in [2.45, 2.75) is 51.2 Å². The third-order valence-electron chi connectivity index (χ3n) is 3.48. The fraction of sp³-hybridized carbons (Fsp3) is 0.769. The van der Waals surface area contributed by atoms with Crippen molar-refractivity contribution in [2.24, 2.45) is 5.73 Å². The summed E-state index contributed by atoms with van der Waals surface area (Å²) in [6, 6.07) is 0.346. The van der Waals surface area contributed by atoms with E-state index in [-0.39, 0.29) is 11.7 Å². The first kappa shape index (κ1) is 14.9. The first-order valence-electron chi connectivity index (χ1n) is 7.19. The molecule has 7 nitrogen and oxygen atoms in total. The average Bonchev–Trinajstić information content (AvgIpc) is 2.87. The number of hydrogen-bond donors (Lipinski definition) is 3. The van der Waals surface area contributed by atoms with Crippen LogP contribution < -0.4 is 11.1 Å². The van der Waals surface area contributed by atoms with Crippen LogP contribution >= 0.6 is 0 Å². The minimum Gasteiger partial charge on any atom is -0.378 e. The second kappa shape index (κ2) is 7.35. The van der Waals surface area contributed by atoms with Gasteiger partial charge in [0.1, 0.15) is 5.82 Å². The van der Waals surface area contributed by atoms with Crippen molar-refractivity contribution in [1.82, 2.24) is 20.5 Å². The number of rotatable bonds is 6. The molecule has 0 unspecified atom stereocenters. The molecule has 0 aliphatic heterocycles. The summed E-state index contributed by atoms with van der Waals surface area (Å²) in [6.07, 6.45) is 5.31. The second-order valence-corrected chi connectivity index (χ2v) is 5.26. The number of carbonyl (C=O) groups excluding carboxylic acids is 1. The third kappa shape index (κ3) is 4.57. The van der Waals surface area contributed by atoms with Crippen molar-refractivity contribution in [3.05, 3.63) is 11.6 Å². The van der Waals surface area contributed by atoms with E-state index < -0.39 is 0 Å². The minimum atomic E-state index is -0.252. The Kier molecular flexibility index (Phi) is 5.49. The highest BCUT2D eigenvalue weighted by Gasteiger charge is 2.18. The molecule has 1 heterocycles. The fourth-order valence-corrected chi connectivity index (χ4v) is 2.30. The summed E-state index contributed by atoms with van der Waals surface area (Å²) in [6.45, 7) is 2.99. The van der Waals surface area contributed by atoms with Gasteiger partial charge < -0.3 is 15.8 Å². The lowest BCUT2D eigenvalue weighted by Crippen LogP contribution is -2.31. The van der Waals surface area contributed by atoms with Gasteiger partial charge in [0.15, 0.2) is 0 Å². The summed E-state index contributed by atoms with van der Waals surface area (Å²) in [5.41, 5.74) is 5.85. The fourth-order valence-electron chi connectivity index (χ4n) is 2.30. The van der Waals surface area contributed by atoms with E-state index in [1.807, 2.05) is 0 Å². The van der Waals surface area contributed by atoms with Gasteiger partial charge in [0.05, 0.1) is 6.10 Å². The molecule has 1 amide bonds. The highest BCUT2D eigenvalue weighted by atomic mass is 16.5. The lowest BCUT2D eigenvalue weighted by Gasteiger charge is -2.26. The number of nitrogens with one attached hydrogen (secondary N) is 2. The van der Waals surface area contributed by atoms with Crippen LogP contribution in [-0.4, -0.2) is 46.4 Å². The normalized spacial score (nSPS) is 22.7. The Balaban J connectivity index is 1.54. The van der Waals surface area contributed by atoms with E-state index in [1.165, 1.54) is 0 Å². The van der Waals surface area contributed by atoms with Crippen LogP contribution in [0.15, 0.2) is 0 Å². The van der Waals surface area contributed by atoms with E-state index in [2.05, 4.69) is 20.5 Å². The molecule has 0 radical (unpaired) electrons. The van der Waals surface area contributed by atoms with Crippen molar-refractivity contribution < 1.29 is 9.53 Å². The Morgan fingerprint density at radius 1 is 1.45 bits per heavy atom. The molecule has 0 saturated heterocycles. The Morgan fingerprint density at radius 3 is 2.85 bits per heavy atom. The maximum atomic E-state index is 11.6. The van der Waals surface area contributed by atoms with Crippen LogP contribution in [0.1, 0.15) is 48.5 Å². The molecule has 1 aromatic heterocycles. The molecule has 2 rings (SSSR count). The van der Waals surface area contributed by atoms with Crippen molar-refractivity contribution in [2.75, 3.05) is 13.2 Å². The van der Waals surface area contributed by atoms with Crippen LogP contribution in [0.4, 0.5) is 0 Å². The number of amides is 1. The quantitative estimate of drug-likeness (QED) is 0.659. The topological polar surface area (TPSA) is 106 Å².